The summed E-state index contributed by atoms with van der Waals surface area (Å²) in [5.41, 5.74) is 2.77. The summed E-state index contributed by atoms with van der Waals surface area (Å²) in [6.07, 6.45) is -1.04. The van der Waals surface area contributed by atoms with E-state index in [1.165, 1.54) is 6.92 Å². The number of nitrogens with zero attached hydrogens (tertiary/aromatic N) is 1. The number of rotatable bonds is 5. The van der Waals surface area contributed by atoms with Gasteiger partial charge in [-0.3, -0.25) is 4.79 Å². The monoisotopic (exact) mass is 386 g/mol. The van der Waals surface area contributed by atoms with Crippen LogP contribution >= 0.6 is 0 Å². The van der Waals surface area contributed by atoms with E-state index < -0.39 is 18.0 Å². The Hall–Kier alpha value is -4.11. The van der Waals surface area contributed by atoms with Crippen molar-refractivity contribution < 1.29 is 19.4 Å². The van der Waals surface area contributed by atoms with Gasteiger partial charge in [0.15, 0.2) is 6.10 Å². The predicted molar refractivity (Wildman–Crippen MR) is 108 cm³/mol. The molecule has 3 rings (SSSR count). The van der Waals surface area contributed by atoms with Crippen LogP contribution in [0.15, 0.2) is 72.8 Å². The fourth-order valence-corrected chi connectivity index (χ4v) is 2.66. The normalized spacial score (nSPS) is 11.2. The second-order valence-corrected chi connectivity index (χ2v) is 6.32. The van der Waals surface area contributed by atoms with Gasteiger partial charge in [-0.15, -0.1) is 0 Å². The van der Waals surface area contributed by atoms with Gasteiger partial charge in [0.1, 0.15) is 11.8 Å². The molecule has 0 aliphatic rings. The summed E-state index contributed by atoms with van der Waals surface area (Å²) in [4.78, 5) is 24.6. The van der Waals surface area contributed by atoms with E-state index in [4.69, 9.17) is 10.00 Å². The van der Waals surface area contributed by atoms with Crippen molar-refractivity contribution in [2.24, 2.45) is 0 Å². The van der Waals surface area contributed by atoms with Gasteiger partial charge in [0, 0.05) is 0 Å². The fourth-order valence-electron chi connectivity index (χ4n) is 2.66. The van der Waals surface area contributed by atoms with Crippen molar-refractivity contribution in [2.45, 2.75) is 13.0 Å². The fraction of sp³-hybridized carbons (Fsp3) is 0.0870. The Morgan fingerprint density at radius 3 is 2.17 bits per heavy atom. The van der Waals surface area contributed by atoms with Gasteiger partial charge in [-0.2, -0.15) is 5.26 Å². The van der Waals surface area contributed by atoms with E-state index in [0.717, 1.165) is 11.1 Å². The third-order valence-corrected chi connectivity index (χ3v) is 4.28. The number of anilines is 1. The van der Waals surface area contributed by atoms with E-state index in [9.17, 15) is 14.7 Å². The summed E-state index contributed by atoms with van der Waals surface area (Å²) in [5, 5.41) is 21.0. The molecule has 0 spiro atoms. The molecule has 3 aromatic carbocycles. The van der Waals surface area contributed by atoms with Gasteiger partial charge < -0.3 is 15.2 Å². The number of phenols is 1. The van der Waals surface area contributed by atoms with Gasteiger partial charge >= 0.3 is 5.97 Å². The molecule has 0 fully saturated rings. The molecule has 0 unspecified atom stereocenters. The zero-order valence-electron chi connectivity index (χ0n) is 15.6. The summed E-state index contributed by atoms with van der Waals surface area (Å²) in [6.45, 7) is 1.47. The van der Waals surface area contributed by atoms with Crippen molar-refractivity contribution in [3.8, 4) is 22.9 Å². The standard InChI is InChI=1S/C23H18N2O4/c1-15(22(27)25-21-5-3-2-4-19(21)14-24)29-23(28)18-8-6-16(7-9-18)17-10-12-20(26)13-11-17/h2-13,15,26H,1H3,(H,25,27)/t15-/m1/s1. The largest absolute Gasteiger partial charge is 0.508 e. The first-order valence-electron chi connectivity index (χ1n) is 8.88. The minimum Gasteiger partial charge on any atom is -0.508 e. The molecule has 6 heteroatoms. The summed E-state index contributed by atoms with van der Waals surface area (Å²) in [5.74, 6) is -0.973. The maximum atomic E-state index is 12.3. The first kappa shape index (κ1) is 19.6. The minimum atomic E-state index is -1.04. The average molecular weight is 386 g/mol. The molecular formula is C23H18N2O4. The van der Waals surface area contributed by atoms with E-state index in [2.05, 4.69) is 5.32 Å². The molecule has 144 valence electrons. The van der Waals surface area contributed by atoms with Gasteiger partial charge in [-0.25, -0.2) is 4.79 Å². The van der Waals surface area contributed by atoms with Crippen molar-refractivity contribution in [2.75, 3.05) is 5.32 Å². The second kappa shape index (κ2) is 8.72. The van der Waals surface area contributed by atoms with E-state index in [-0.39, 0.29) is 5.75 Å². The number of ether oxygens (including phenoxy) is 1. The van der Waals surface area contributed by atoms with Crippen LogP contribution in [0.3, 0.4) is 0 Å². The molecule has 6 nitrogen and oxygen atoms in total. The van der Waals surface area contributed by atoms with Gasteiger partial charge in [0.05, 0.1) is 16.8 Å². The number of carbonyl (C=O) groups excluding carboxylic acids is 2. The first-order chi connectivity index (χ1) is 14.0. The molecule has 0 aliphatic heterocycles. The molecule has 0 radical (unpaired) electrons. The molecular weight excluding hydrogens is 368 g/mol. The summed E-state index contributed by atoms with van der Waals surface area (Å²) in [7, 11) is 0. The van der Waals surface area contributed by atoms with Crippen LogP contribution in [0, 0.1) is 11.3 Å². The number of esters is 1. The molecule has 29 heavy (non-hydrogen) atoms. The van der Waals surface area contributed by atoms with E-state index in [0.29, 0.717) is 16.8 Å². The highest BCUT2D eigenvalue weighted by molar-refractivity contribution is 5.98. The van der Waals surface area contributed by atoms with Crippen LogP contribution in [-0.4, -0.2) is 23.1 Å². The smallest absolute Gasteiger partial charge is 0.338 e. The topological polar surface area (TPSA) is 99.4 Å². The second-order valence-electron chi connectivity index (χ2n) is 6.32. The zero-order valence-corrected chi connectivity index (χ0v) is 15.6. The molecule has 0 saturated heterocycles. The number of benzene rings is 3. The highest BCUT2D eigenvalue weighted by Crippen LogP contribution is 2.22. The van der Waals surface area contributed by atoms with Crippen LogP contribution in [0.4, 0.5) is 5.69 Å². The molecule has 0 aliphatic carbocycles. The number of nitriles is 1. The third-order valence-electron chi connectivity index (χ3n) is 4.28. The lowest BCUT2D eigenvalue weighted by molar-refractivity contribution is -0.123. The molecule has 1 amide bonds. The van der Waals surface area contributed by atoms with Crippen molar-refractivity contribution in [3.05, 3.63) is 83.9 Å². The quantitative estimate of drug-likeness (QED) is 0.643. The number of hydrogen-bond acceptors (Lipinski definition) is 5. The lowest BCUT2D eigenvalue weighted by atomic mass is 10.0. The summed E-state index contributed by atoms with van der Waals surface area (Å²) >= 11 is 0. The van der Waals surface area contributed by atoms with Crippen LogP contribution in [0.5, 0.6) is 5.75 Å². The average Bonchev–Trinajstić information content (AvgIpc) is 2.74. The van der Waals surface area contributed by atoms with Gasteiger partial charge in [0.25, 0.3) is 5.91 Å². The van der Waals surface area contributed by atoms with E-state index >= 15 is 0 Å². The highest BCUT2D eigenvalue weighted by Gasteiger charge is 2.20. The maximum absolute atomic E-state index is 12.3. The predicted octanol–water partition coefficient (Wildman–Crippen LogP) is 4.11. The van der Waals surface area contributed by atoms with Gasteiger partial charge in [-0.05, 0) is 54.4 Å². The van der Waals surface area contributed by atoms with Crippen LogP contribution < -0.4 is 5.32 Å². The van der Waals surface area contributed by atoms with Crippen LogP contribution in [-0.2, 0) is 9.53 Å². The number of carbonyl (C=O) groups is 2. The number of amides is 1. The minimum absolute atomic E-state index is 0.179. The SMILES string of the molecule is C[C@@H](OC(=O)c1ccc(-c2ccc(O)cc2)cc1)C(=O)Nc1ccccc1C#N. The number of aromatic hydroxyl groups is 1. The number of phenolic OH excluding ortho intramolecular Hbond substituents is 1. The lowest BCUT2D eigenvalue weighted by Gasteiger charge is -2.14. The number of para-hydroxylation sites is 1. The summed E-state index contributed by atoms with van der Waals surface area (Å²) < 4.78 is 5.24. The Kier molecular flexibility index (Phi) is 5.91. The number of hydrogen-bond donors (Lipinski definition) is 2. The van der Waals surface area contributed by atoms with Crippen molar-refractivity contribution in [3.63, 3.8) is 0 Å². The van der Waals surface area contributed by atoms with Crippen LogP contribution in [0.25, 0.3) is 11.1 Å². The van der Waals surface area contributed by atoms with Crippen molar-refractivity contribution in [1.29, 1.82) is 5.26 Å². The Morgan fingerprint density at radius 2 is 1.55 bits per heavy atom. The third kappa shape index (κ3) is 4.79. The summed E-state index contributed by atoms with van der Waals surface area (Å²) in [6, 6.07) is 22.0. The van der Waals surface area contributed by atoms with Crippen LogP contribution in [0.1, 0.15) is 22.8 Å². The lowest BCUT2D eigenvalue weighted by Crippen LogP contribution is -2.30. The molecule has 0 aromatic heterocycles. The molecule has 1 atom stereocenters. The Labute approximate surface area is 168 Å². The van der Waals surface area contributed by atoms with Crippen LogP contribution in [0.2, 0.25) is 0 Å². The zero-order chi connectivity index (χ0) is 20.8. The Bertz CT molecular complexity index is 1070. The van der Waals surface area contributed by atoms with Gasteiger partial charge in [0.2, 0.25) is 0 Å². The molecule has 3 aromatic rings. The molecule has 0 heterocycles. The molecule has 0 saturated carbocycles. The molecule has 0 bridgehead atoms. The van der Waals surface area contributed by atoms with Gasteiger partial charge in [-0.1, -0.05) is 36.4 Å². The Balaban J connectivity index is 1.64. The van der Waals surface area contributed by atoms with Crippen molar-refractivity contribution >= 4 is 17.6 Å². The van der Waals surface area contributed by atoms with E-state index in [1.54, 1.807) is 72.8 Å². The highest BCUT2D eigenvalue weighted by atomic mass is 16.5. The van der Waals surface area contributed by atoms with E-state index in [1.807, 2.05) is 6.07 Å². The molecule has 2 N–H and O–H groups in total. The Morgan fingerprint density at radius 1 is 0.966 bits per heavy atom. The number of nitrogens with one attached hydrogen (secondary N) is 1. The maximum Gasteiger partial charge on any atom is 0.338 e. The first-order valence-corrected chi connectivity index (χ1v) is 8.88. The van der Waals surface area contributed by atoms with Crippen molar-refractivity contribution in [1.82, 2.24) is 0 Å².